The van der Waals surface area contributed by atoms with E-state index in [9.17, 15) is 0 Å². The van der Waals surface area contributed by atoms with Gasteiger partial charge < -0.3 is 14.0 Å². The van der Waals surface area contributed by atoms with E-state index >= 15 is 0 Å². The third kappa shape index (κ3) is 18.3. The van der Waals surface area contributed by atoms with Crippen LogP contribution in [0.25, 0.3) is 0 Å². The zero-order valence-corrected chi connectivity index (χ0v) is 32.4. The van der Waals surface area contributed by atoms with Crippen LogP contribution in [-0.2, 0) is 26.8 Å². The van der Waals surface area contributed by atoms with Crippen LogP contribution in [0.1, 0.15) is 155 Å². The van der Waals surface area contributed by atoms with E-state index in [1.807, 2.05) is 0 Å². The molecule has 0 N–H and O–H groups in total. The van der Waals surface area contributed by atoms with Gasteiger partial charge in [0, 0.05) is 9.79 Å². The van der Waals surface area contributed by atoms with E-state index < -0.39 is 7.32 Å². The highest BCUT2D eigenvalue weighted by atomic mass is 32.2. The Bertz CT molecular complexity index is 936. The zero-order valence-electron chi connectivity index (χ0n) is 29.9. The summed E-state index contributed by atoms with van der Waals surface area (Å²) in [7, 11) is -0.775. The molecular weight excluding hydrogens is 623 g/mol. The molecule has 3 atom stereocenters. The quantitative estimate of drug-likeness (QED) is 0.0302. The third-order valence-electron chi connectivity index (χ3n) is 8.37. The molecule has 0 aliphatic rings. The van der Waals surface area contributed by atoms with Crippen LogP contribution >= 0.6 is 36.2 Å². The van der Waals surface area contributed by atoms with Crippen LogP contribution in [0.3, 0.4) is 0 Å². The molecule has 0 amide bonds. The monoisotopic (exact) mass is 688 g/mol. The number of thioether (sulfide) groups is 2. The maximum absolute atomic E-state index is 6.59. The lowest BCUT2D eigenvalue weighted by Gasteiger charge is -2.26. The van der Waals surface area contributed by atoms with Crippen molar-refractivity contribution in [1.82, 2.24) is 0 Å². The molecule has 0 heterocycles. The molecule has 46 heavy (non-hydrogen) atoms. The zero-order chi connectivity index (χ0) is 33.2. The summed E-state index contributed by atoms with van der Waals surface area (Å²) in [6, 6.07) is 17.7. The van der Waals surface area contributed by atoms with Crippen LogP contribution < -0.4 is 0 Å². The molecule has 0 fully saturated rings. The highest BCUT2D eigenvalue weighted by Gasteiger charge is 2.32. The van der Waals surface area contributed by atoms with E-state index in [0.717, 1.165) is 32.1 Å². The van der Waals surface area contributed by atoms with Gasteiger partial charge in [0.2, 0.25) is 0 Å². The van der Waals surface area contributed by atoms with Crippen molar-refractivity contribution in [2.24, 2.45) is 0 Å². The summed E-state index contributed by atoms with van der Waals surface area (Å²) in [6.07, 6.45) is 23.3. The number of unbranched alkanes of at least 4 members (excludes halogenated alkanes) is 12. The molecule has 260 valence electrons. The Hall–Kier alpha value is -0.565. The Morgan fingerprint density at radius 3 is 1.30 bits per heavy atom. The predicted molar refractivity (Wildman–Crippen MR) is 208 cm³/mol. The van der Waals surface area contributed by atoms with Gasteiger partial charge in [0.05, 0.1) is 16.3 Å². The Balaban J connectivity index is 2.00. The summed E-state index contributed by atoms with van der Waals surface area (Å²) in [5.41, 5.74) is 2.43. The van der Waals surface area contributed by atoms with Crippen LogP contribution in [0.5, 0.6) is 0 Å². The van der Waals surface area contributed by atoms with Gasteiger partial charge in [-0.2, -0.15) is 0 Å². The summed E-state index contributed by atoms with van der Waals surface area (Å²) in [6.45, 7) is 11.0. The molecule has 3 nitrogen and oxygen atoms in total. The first kappa shape index (κ1) is 41.6. The largest absolute Gasteiger partial charge is 0.641 e. The van der Waals surface area contributed by atoms with Gasteiger partial charge in [0.15, 0.2) is 0 Å². The van der Waals surface area contributed by atoms with Gasteiger partial charge in [-0.25, -0.2) is 0 Å². The predicted octanol–water partition coefficient (Wildman–Crippen LogP) is 13.3. The third-order valence-corrected chi connectivity index (χ3v) is 11.6. The van der Waals surface area contributed by atoms with Crippen LogP contribution in [0, 0.1) is 0 Å². The summed E-state index contributed by atoms with van der Waals surface area (Å²) >= 11 is 8.25. The van der Waals surface area contributed by atoms with Crippen molar-refractivity contribution in [2.45, 2.75) is 183 Å². The molecule has 7 heteroatoms. The van der Waals surface area contributed by atoms with Crippen LogP contribution in [0.15, 0.2) is 58.3 Å². The molecule has 0 saturated carbocycles. The molecule has 0 spiro atoms. The molecule has 3 unspecified atom stereocenters. The van der Waals surface area contributed by atoms with Crippen molar-refractivity contribution in [3.63, 3.8) is 0 Å². The number of thiol groups is 1. The van der Waals surface area contributed by atoms with Crippen LogP contribution in [-0.4, -0.2) is 23.6 Å². The van der Waals surface area contributed by atoms with Gasteiger partial charge >= 0.3 is 7.32 Å². The van der Waals surface area contributed by atoms with Gasteiger partial charge in [-0.05, 0) is 68.2 Å². The van der Waals surface area contributed by atoms with Gasteiger partial charge in [-0.15, -0.1) is 12.6 Å². The van der Waals surface area contributed by atoms with E-state index in [4.69, 9.17) is 14.0 Å². The van der Waals surface area contributed by atoms with Gasteiger partial charge in [0.25, 0.3) is 0 Å². The minimum absolute atomic E-state index is 0.0790. The summed E-state index contributed by atoms with van der Waals surface area (Å²) in [5, 5.41) is 0. The molecule has 0 aromatic heterocycles. The number of hydrogen-bond donors (Lipinski definition) is 1. The average Bonchev–Trinajstić information content (AvgIpc) is 3.07. The molecule has 0 bridgehead atoms. The fraction of sp³-hybridized carbons (Fsp3) is 0.692. The molecule has 0 aliphatic carbocycles. The second-order valence-electron chi connectivity index (χ2n) is 12.4. The van der Waals surface area contributed by atoms with Crippen molar-refractivity contribution < 1.29 is 14.0 Å². The minimum Gasteiger partial charge on any atom is -0.374 e. The molecule has 0 aliphatic heterocycles. The lowest BCUT2D eigenvalue weighted by molar-refractivity contribution is 0.0670. The molecule has 0 saturated heterocycles. The highest BCUT2D eigenvalue weighted by Crippen LogP contribution is 2.34. The van der Waals surface area contributed by atoms with Gasteiger partial charge in [-0.1, -0.05) is 172 Å². The summed E-state index contributed by atoms with van der Waals surface area (Å²) < 4.78 is 19.4. The highest BCUT2D eigenvalue weighted by molar-refractivity contribution is 8.00. The number of benzene rings is 2. The average molecular weight is 689 g/mol. The first-order valence-electron chi connectivity index (χ1n) is 18.7. The Labute approximate surface area is 298 Å². The smallest absolute Gasteiger partial charge is 0.374 e. The molecule has 2 aromatic rings. The Kier molecular flexibility index (Phi) is 24.7. The van der Waals surface area contributed by atoms with Crippen molar-refractivity contribution in [2.75, 3.05) is 0 Å². The molecule has 0 radical (unpaired) electrons. The first-order chi connectivity index (χ1) is 22.5. The fourth-order valence-electron chi connectivity index (χ4n) is 5.46. The van der Waals surface area contributed by atoms with Gasteiger partial charge in [-0.3, -0.25) is 0 Å². The second kappa shape index (κ2) is 27.3. The maximum atomic E-state index is 6.59. The summed E-state index contributed by atoms with van der Waals surface area (Å²) in [4.78, 5) is 2.61. The topological polar surface area (TPSA) is 27.7 Å². The standard InChI is InChI=1S/C39H65BO3S3/c1-6-11-13-15-17-19-21-27-33-29-23-25-31-35(33)45-38(9-4)42-40(41-37(44)8-3)43-39(10-5)46-36-32-26-24-30-34(36)28-22-20-18-16-14-12-7-2/h23-26,29-32,37-39,44H,6-22,27-28H2,1-5H3. The van der Waals surface area contributed by atoms with Crippen molar-refractivity contribution in [3.05, 3.63) is 59.7 Å². The number of hydrogen-bond acceptors (Lipinski definition) is 6. The molecular formula is C39H65BO3S3. The SMILES string of the molecule is CCCCCCCCCc1ccccc1SC(CC)OB(OC(S)CC)OC(CC)Sc1ccccc1CCCCCCCCC. The summed E-state index contributed by atoms with van der Waals surface area (Å²) in [5.74, 6) is 0. The van der Waals surface area contributed by atoms with Crippen molar-refractivity contribution in [1.29, 1.82) is 0 Å². The first-order valence-corrected chi connectivity index (χ1v) is 20.9. The Morgan fingerprint density at radius 1 is 0.522 bits per heavy atom. The van der Waals surface area contributed by atoms with E-state index in [2.05, 4.69) is 95.8 Å². The molecule has 2 aromatic carbocycles. The number of rotatable bonds is 29. The number of aryl methyl sites for hydroxylation is 2. The van der Waals surface area contributed by atoms with E-state index in [1.54, 1.807) is 23.5 Å². The Morgan fingerprint density at radius 2 is 0.913 bits per heavy atom. The van der Waals surface area contributed by atoms with Crippen molar-refractivity contribution in [3.8, 4) is 0 Å². The van der Waals surface area contributed by atoms with E-state index in [1.165, 1.54) is 111 Å². The maximum Gasteiger partial charge on any atom is 0.641 e. The van der Waals surface area contributed by atoms with Crippen LogP contribution in [0.2, 0.25) is 0 Å². The van der Waals surface area contributed by atoms with Crippen LogP contribution in [0.4, 0.5) is 0 Å². The lowest BCUT2D eigenvalue weighted by Crippen LogP contribution is -2.36. The van der Waals surface area contributed by atoms with E-state index in [0.29, 0.717) is 0 Å². The fourth-order valence-corrected chi connectivity index (χ4v) is 7.71. The van der Waals surface area contributed by atoms with Crippen molar-refractivity contribution >= 4 is 43.5 Å². The second-order valence-corrected chi connectivity index (χ2v) is 15.4. The minimum atomic E-state index is -0.775. The van der Waals surface area contributed by atoms with Gasteiger partial charge in [0.1, 0.15) is 0 Å². The normalized spacial score (nSPS) is 13.5. The molecule has 2 rings (SSSR count). The lowest BCUT2D eigenvalue weighted by atomic mass is 10.0. The van der Waals surface area contributed by atoms with E-state index in [-0.39, 0.29) is 16.3 Å².